The number of methoxy groups -OCH3 is 1. The number of amides is 2. The summed E-state index contributed by atoms with van der Waals surface area (Å²) in [5.41, 5.74) is 3.27. The molecule has 1 aromatic rings. The molecule has 1 aliphatic carbocycles. The number of ether oxygens (including phenoxy) is 1. The Morgan fingerprint density at radius 1 is 1.12 bits per heavy atom. The molecule has 7 heteroatoms. The molecule has 1 saturated carbocycles. The van der Waals surface area contributed by atoms with E-state index in [1.165, 1.54) is 12.0 Å². The predicted octanol–water partition coefficient (Wildman–Crippen LogP) is 1.67. The second-order valence-electron chi connectivity index (χ2n) is 6.51. The average molecular weight is 362 g/mol. The average Bonchev–Trinajstić information content (AvgIpc) is 2.67. The summed E-state index contributed by atoms with van der Waals surface area (Å²) in [6.45, 7) is 0.120. The molecule has 0 radical (unpaired) electrons. The molecule has 1 aromatic carbocycles. The molecular weight excluding hydrogens is 336 g/mol. The van der Waals surface area contributed by atoms with Gasteiger partial charge in [0.05, 0.1) is 25.6 Å². The largest absolute Gasteiger partial charge is 0.469 e. The zero-order valence-corrected chi connectivity index (χ0v) is 15.3. The summed E-state index contributed by atoms with van der Waals surface area (Å²) in [6.07, 6.45) is 3.07. The smallest absolute Gasteiger partial charge is 0.309 e. The van der Waals surface area contributed by atoms with Gasteiger partial charge in [-0.1, -0.05) is 43.2 Å². The van der Waals surface area contributed by atoms with Gasteiger partial charge in [-0.25, -0.2) is 5.48 Å². The molecular formula is C19H26N2O5. The van der Waals surface area contributed by atoms with Crippen molar-refractivity contribution in [2.24, 2.45) is 11.8 Å². The van der Waals surface area contributed by atoms with Crippen LogP contribution in [-0.2, 0) is 30.6 Å². The molecule has 0 saturated heterocycles. The van der Waals surface area contributed by atoms with Crippen molar-refractivity contribution in [3.05, 3.63) is 35.9 Å². The fourth-order valence-electron chi connectivity index (χ4n) is 3.24. The molecule has 0 unspecified atom stereocenters. The quantitative estimate of drug-likeness (QED) is 0.589. The maximum atomic E-state index is 12.7. The molecule has 2 amide bonds. The van der Waals surface area contributed by atoms with Gasteiger partial charge in [-0.2, -0.15) is 0 Å². The number of carbonyl (C=O) groups is 3. The zero-order valence-electron chi connectivity index (χ0n) is 15.3. The van der Waals surface area contributed by atoms with Gasteiger partial charge in [0.1, 0.15) is 6.54 Å². The third-order valence-electron chi connectivity index (χ3n) is 4.61. The number of benzene rings is 1. The Bertz CT molecular complexity index is 620. The first-order chi connectivity index (χ1) is 12.5. The van der Waals surface area contributed by atoms with E-state index in [1.54, 1.807) is 7.05 Å². The minimum atomic E-state index is -0.431. The number of hydrogen-bond acceptors (Lipinski definition) is 5. The van der Waals surface area contributed by atoms with E-state index in [9.17, 15) is 14.4 Å². The molecule has 0 heterocycles. The second kappa shape index (κ2) is 9.91. The predicted molar refractivity (Wildman–Crippen MR) is 94.5 cm³/mol. The highest BCUT2D eigenvalue weighted by Gasteiger charge is 2.38. The van der Waals surface area contributed by atoms with Gasteiger partial charge in [0, 0.05) is 7.05 Å². The highest BCUT2D eigenvalue weighted by atomic mass is 16.6. The van der Waals surface area contributed by atoms with Gasteiger partial charge >= 0.3 is 5.97 Å². The Morgan fingerprint density at radius 3 is 2.42 bits per heavy atom. The van der Waals surface area contributed by atoms with E-state index in [2.05, 4.69) is 5.48 Å². The Balaban J connectivity index is 1.81. The first-order valence-electron chi connectivity index (χ1n) is 8.80. The molecule has 26 heavy (non-hydrogen) atoms. The van der Waals surface area contributed by atoms with Crippen molar-refractivity contribution in [1.29, 1.82) is 0 Å². The van der Waals surface area contributed by atoms with Crippen molar-refractivity contribution < 1.29 is 24.0 Å². The van der Waals surface area contributed by atoms with E-state index in [-0.39, 0.29) is 25.0 Å². The van der Waals surface area contributed by atoms with Crippen LogP contribution in [0, 0.1) is 11.8 Å². The first-order valence-corrected chi connectivity index (χ1v) is 8.80. The Morgan fingerprint density at radius 2 is 1.77 bits per heavy atom. The number of hydrogen-bond donors (Lipinski definition) is 1. The van der Waals surface area contributed by atoms with Gasteiger partial charge in [0.2, 0.25) is 5.91 Å². The van der Waals surface area contributed by atoms with Crippen molar-refractivity contribution in [1.82, 2.24) is 10.4 Å². The monoisotopic (exact) mass is 362 g/mol. The SMILES string of the molecule is COC(=O)[C@@H]1CCCC[C@@H]1C(=O)N(C)CC(=O)NOCc1ccccc1. The van der Waals surface area contributed by atoms with Crippen molar-refractivity contribution >= 4 is 17.8 Å². The third kappa shape index (κ3) is 5.56. The normalized spacial score (nSPS) is 19.5. The maximum Gasteiger partial charge on any atom is 0.309 e. The van der Waals surface area contributed by atoms with E-state index in [4.69, 9.17) is 9.57 Å². The van der Waals surface area contributed by atoms with Crippen LogP contribution >= 0.6 is 0 Å². The Kier molecular flexibility index (Phi) is 7.59. The summed E-state index contributed by atoms with van der Waals surface area (Å²) in [5, 5.41) is 0. The number of likely N-dealkylation sites (N-methyl/N-ethyl adjacent to an activating group) is 1. The van der Waals surface area contributed by atoms with Gasteiger partial charge in [0.25, 0.3) is 5.91 Å². The molecule has 0 spiro atoms. The highest BCUT2D eigenvalue weighted by Crippen LogP contribution is 2.32. The third-order valence-corrected chi connectivity index (χ3v) is 4.61. The van der Waals surface area contributed by atoms with Crippen molar-refractivity contribution in [3.8, 4) is 0 Å². The summed E-state index contributed by atoms with van der Waals surface area (Å²) < 4.78 is 4.82. The molecule has 0 aliphatic heterocycles. The molecule has 142 valence electrons. The van der Waals surface area contributed by atoms with E-state index >= 15 is 0 Å². The lowest BCUT2D eigenvalue weighted by Gasteiger charge is -2.31. The molecule has 0 aromatic heterocycles. The number of hydroxylamine groups is 1. The Labute approximate surface area is 153 Å². The number of nitrogens with one attached hydrogen (secondary N) is 1. The summed E-state index contributed by atoms with van der Waals surface area (Å²) >= 11 is 0. The molecule has 0 bridgehead atoms. The van der Waals surface area contributed by atoms with Crippen LogP contribution in [0.5, 0.6) is 0 Å². The van der Waals surface area contributed by atoms with Gasteiger partial charge in [-0.15, -0.1) is 0 Å². The lowest BCUT2D eigenvalue weighted by molar-refractivity contribution is -0.155. The maximum absolute atomic E-state index is 12.7. The minimum absolute atomic E-state index is 0.127. The van der Waals surface area contributed by atoms with Crippen LogP contribution in [0.25, 0.3) is 0 Å². The molecule has 1 N–H and O–H groups in total. The van der Waals surface area contributed by atoms with Crippen LogP contribution in [0.3, 0.4) is 0 Å². The van der Waals surface area contributed by atoms with Crippen molar-refractivity contribution in [3.63, 3.8) is 0 Å². The van der Waals surface area contributed by atoms with Gasteiger partial charge in [0.15, 0.2) is 0 Å². The fourth-order valence-corrected chi connectivity index (χ4v) is 3.24. The van der Waals surface area contributed by atoms with E-state index < -0.39 is 17.7 Å². The van der Waals surface area contributed by atoms with E-state index in [1.807, 2.05) is 30.3 Å². The zero-order chi connectivity index (χ0) is 18.9. The van der Waals surface area contributed by atoms with Crippen LogP contribution < -0.4 is 5.48 Å². The van der Waals surface area contributed by atoms with Crippen molar-refractivity contribution in [2.45, 2.75) is 32.3 Å². The summed E-state index contributed by atoms with van der Waals surface area (Å²) in [5.74, 6) is -1.84. The van der Waals surface area contributed by atoms with Crippen LogP contribution in [0.2, 0.25) is 0 Å². The number of carbonyl (C=O) groups excluding carboxylic acids is 3. The van der Waals surface area contributed by atoms with Gasteiger partial charge in [-0.05, 0) is 18.4 Å². The molecule has 1 aliphatic rings. The first kappa shape index (κ1) is 19.9. The molecule has 2 atom stereocenters. The number of nitrogens with zero attached hydrogens (tertiary/aromatic N) is 1. The van der Waals surface area contributed by atoms with Crippen LogP contribution in [0.4, 0.5) is 0 Å². The van der Waals surface area contributed by atoms with Crippen LogP contribution in [0.15, 0.2) is 30.3 Å². The summed E-state index contributed by atoms with van der Waals surface area (Å²) in [4.78, 5) is 43.1. The second-order valence-corrected chi connectivity index (χ2v) is 6.51. The Hall–Kier alpha value is -2.41. The lowest BCUT2D eigenvalue weighted by atomic mass is 9.78. The summed E-state index contributed by atoms with van der Waals surface area (Å²) in [7, 11) is 2.89. The lowest BCUT2D eigenvalue weighted by Crippen LogP contribution is -2.45. The van der Waals surface area contributed by atoms with E-state index in [0.29, 0.717) is 12.8 Å². The number of rotatable bonds is 7. The van der Waals surface area contributed by atoms with Crippen LogP contribution in [0.1, 0.15) is 31.2 Å². The number of esters is 1. The summed E-state index contributed by atoms with van der Waals surface area (Å²) in [6, 6.07) is 9.44. The molecule has 7 nitrogen and oxygen atoms in total. The van der Waals surface area contributed by atoms with Crippen LogP contribution in [-0.4, -0.2) is 43.4 Å². The molecule has 1 fully saturated rings. The topological polar surface area (TPSA) is 84.9 Å². The van der Waals surface area contributed by atoms with E-state index in [0.717, 1.165) is 18.4 Å². The minimum Gasteiger partial charge on any atom is -0.469 e. The molecule has 2 rings (SSSR count). The fraction of sp³-hybridized carbons (Fsp3) is 0.526. The van der Waals surface area contributed by atoms with Gasteiger partial charge < -0.3 is 9.64 Å². The highest BCUT2D eigenvalue weighted by molar-refractivity contribution is 5.88. The standard InChI is InChI=1S/C19H26N2O5/c1-21(12-17(22)20-26-13-14-8-4-3-5-9-14)18(23)15-10-6-7-11-16(15)19(24)25-2/h3-5,8-9,15-16H,6-7,10-13H2,1-2H3,(H,20,22)/t15-,16+/m0/s1. The van der Waals surface area contributed by atoms with Gasteiger partial charge in [-0.3, -0.25) is 19.2 Å². The van der Waals surface area contributed by atoms with Crippen molar-refractivity contribution in [2.75, 3.05) is 20.7 Å².